The lowest BCUT2D eigenvalue weighted by Gasteiger charge is -2.38. The van der Waals surface area contributed by atoms with Crippen molar-refractivity contribution in [3.8, 4) is 0 Å². The summed E-state index contributed by atoms with van der Waals surface area (Å²) in [6.07, 6.45) is 7.52. The number of pyridine rings is 1. The van der Waals surface area contributed by atoms with Gasteiger partial charge in [-0.05, 0) is 30.5 Å². The molecule has 0 atom stereocenters. The molecular formula is C15H22ClN3. The monoisotopic (exact) mass is 279 g/mol. The molecule has 3 rings (SSSR count). The lowest BCUT2D eigenvalue weighted by atomic mass is 10.2. The Kier molecular flexibility index (Phi) is 4.24. The van der Waals surface area contributed by atoms with Crippen LogP contribution in [0.2, 0.25) is 0 Å². The molecule has 0 bridgehead atoms. The summed E-state index contributed by atoms with van der Waals surface area (Å²) >= 11 is 5.89. The SMILES string of the molecule is ClCc1ccnc(N2CCN(C3CCCC3)CC2)c1. The fraction of sp³-hybridized carbons (Fsp3) is 0.667. The van der Waals surface area contributed by atoms with Crippen molar-refractivity contribution in [1.29, 1.82) is 0 Å². The number of anilines is 1. The van der Waals surface area contributed by atoms with Crippen molar-refractivity contribution in [3.05, 3.63) is 23.9 Å². The third-order valence-corrected chi connectivity index (χ3v) is 4.75. The summed E-state index contributed by atoms with van der Waals surface area (Å²) < 4.78 is 0. The molecule has 19 heavy (non-hydrogen) atoms. The Morgan fingerprint density at radius 2 is 1.89 bits per heavy atom. The Morgan fingerprint density at radius 3 is 2.58 bits per heavy atom. The molecule has 0 aromatic carbocycles. The first-order valence-corrected chi connectivity index (χ1v) is 7.90. The Bertz CT molecular complexity index is 410. The highest BCUT2D eigenvalue weighted by atomic mass is 35.5. The molecule has 1 saturated heterocycles. The van der Waals surface area contributed by atoms with Gasteiger partial charge in [-0.3, -0.25) is 4.90 Å². The van der Waals surface area contributed by atoms with Crippen molar-refractivity contribution in [2.75, 3.05) is 31.1 Å². The van der Waals surface area contributed by atoms with Crippen LogP contribution in [0.4, 0.5) is 5.82 Å². The second-order valence-electron chi connectivity index (χ2n) is 5.62. The fourth-order valence-electron chi connectivity index (χ4n) is 3.30. The topological polar surface area (TPSA) is 19.4 Å². The summed E-state index contributed by atoms with van der Waals surface area (Å²) in [5.41, 5.74) is 1.16. The zero-order chi connectivity index (χ0) is 13.1. The van der Waals surface area contributed by atoms with E-state index in [0.717, 1.165) is 30.5 Å². The van der Waals surface area contributed by atoms with Gasteiger partial charge in [-0.15, -0.1) is 11.6 Å². The molecule has 1 aliphatic carbocycles. The molecule has 2 aliphatic rings. The second kappa shape index (κ2) is 6.10. The molecule has 4 heteroatoms. The van der Waals surface area contributed by atoms with Crippen molar-refractivity contribution >= 4 is 17.4 Å². The molecule has 2 fully saturated rings. The number of rotatable bonds is 3. The van der Waals surface area contributed by atoms with E-state index >= 15 is 0 Å². The van der Waals surface area contributed by atoms with Gasteiger partial charge in [0.15, 0.2) is 0 Å². The van der Waals surface area contributed by atoms with E-state index in [0.29, 0.717) is 5.88 Å². The van der Waals surface area contributed by atoms with E-state index in [9.17, 15) is 0 Å². The zero-order valence-corrected chi connectivity index (χ0v) is 12.1. The average molecular weight is 280 g/mol. The summed E-state index contributed by atoms with van der Waals surface area (Å²) in [5.74, 6) is 1.65. The summed E-state index contributed by atoms with van der Waals surface area (Å²) in [4.78, 5) is 9.55. The molecule has 1 saturated carbocycles. The van der Waals surface area contributed by atoms with E-state index in [2.05, 4.69) is 20.9 Å². The van der Waals surface area contributed by atoms with Crippen LogP contribution in [-0.4, -0.2) is 42.1 Å². The van der Waals surface area contributed by atoms with Crippen LogP contribution in [0.3, 0.4) is 0 Å². The second-order valence-corrected chi connectivity index (χ2v) is 5.88. The van der Waals surface area contributed by atoms with Crippen LogP contribution in [-0.2, 0) is 5.88 Å². The Morgan fingerprint density at radius 1 is 1.16 bits per heavy atom. The highest BCUT2D eigenvalue weighted by Crippen LogP contribution is 2.25. The van der Waals surface area contributed by atoms with Gasteiger partial charge < -0.3 is 4.90 Å². The molecule has 3 nitrogen and oxygen atoms in total. The number of nitrogens with zero attached hydrogens (tertiary/aromatic N) is 3. The number of hydrogen-bond donors (Lipinski definition) is 0. The van der Waals surface area contributed by atoms with Crippen molar-refractivity contribution < 1.29 is 0 Å². The third-order valence-electron chi connectivity index (χ3n) is 4.44. The van der Waals surface area contributed by atoms with Crippen molar-refractivity contribution in [2.45, 2.75) is 37.6 Å². The lowest BCUT2D eigenvalue weighted by molar-refractivity contribution is 0.187. The number of hydrogen-bond acceptors (Lipinski definition) is 3. The molecule has 0 spiro atoms. The molecule has 0 N–H and O–H groups in total. The third kappa shape index (κ3) is 3.03. The van der Waals surface area contributed by atoms with Crippen LogP contribution in [0.5, 0.6) is 0 Å². The summed E-state index contributed by atoms with van der Waals surface area (Å²) in [7, 11) is 0. The maximum absolute atomic E-state index is 5.89. The fourth-order valence-corrected chi connectivity index (χ4v) is 3.47. The molecule has 2 heterocycles. The van der Waals surface area contributed by atoms with Gasteiger partial charge in [-0.25, -0.2) is 4.98 Å². The van der Waals surface area contributed by atoms with E-state index in [1.54, 1.807) is 0 Å². The summed E-state index contributed by atoms with van der Waals surface area (Å²) in [6, 6.07) is 4.97. The molecule has 1 aromatic rings. The molecular weight excluding hydrogens is 258 g/mol. The molecule has 0 amide bonds. The Hall–Kier alpha value is -0.800. The molecule has 1 aromatic heterocycles. The van der Waals surface area contributed by atoms with Crippen molar-refractivity contribution in [1.82, 2.24) is 9.88 Å². The average Bonchev–Trinajstić information content (AvgIpc) is 3.02. The predicted octanol–water partition coefficient (Wildman–Crippen LogP) is 2.89. The highest BCUT2D eigenvalue weighted by Gasteiger charge is 2.26. The van der Waals surface area contributed by atoms with Crippen molar-refractivity contribution in [3.63, 3.8) is 0 Å². The van der Waals surface area contributed by atoms with E-state index in [1.807, 2.05) is 12.3 Å². The van der Waals surface area contributed by atoms with E-state index in [1.165, 1.54) is 38.8 Å². The van der Waals surface area contributed by atoms with Gasteiger partial charge >= 0.3 is 0 Å². The predicted molar refractivity (Wildman–Crippen MR) is 79.8 cm³/mol. The number of halogens is 1. The maximum Gasteiger partial charge on any atom is 0.128 e. The van der Waals surface area contributed by atoms with Gasteiger partial charge in [-0.1, -0.05) is 12.8 Å². The van der Waals surface area contributed by atoms with E-state index < -0.39 is 0 Å². The maximum atomic E-state index is 5.89. The quantitative estimate of drug-likeness (QED) is 0.793. The standard InChI is InChI=1S/C15H22ClN3/c16-12-13-5-6-17-15(11-13)19-9-7-18(8-10-19)14-3-1-2-4-14/h5-6,11,14H,1-4,7-10,12H2. The van der Waals surface area contributed by atoms with E-state index in [4.69, 9.17) is 11.6 Å². The van der Waals surface area contributed by atoms with Gasteiger partial charge in [0.2, 0.25) is 0 Å². The number of aromatic nitrogens is 1. The van der Waals surface area contributed by atoms with Gasteiger partial charge in [-0.2, -0.15) is 0 Å². The molecule has 104 valence electrons. The number of piperazine rings is 1. The van der Waals surface area contributed by atoms with Gasteiger partial charge in [0.05, 0.1) is 0 Å². The molecule has 0 radical (unpaired) electrons. The molecule has 0 unspecified atom stereocenters. The summed E-state index contributed by atoms with van der Waals surface area (Å²) in [5, 5.41) is 0. The Balaban J connectivity index is 1.59. The first-order valence-electron chi connectivity index (χ1n) is 7.37. The van der Waals surface area contributed by atoms with Crippen LogP contribution < -0.4 is 4.90 Å². The highest BCUT2D eigenvalue weighted by molar-refractivity contribution is 6.17. The zero-order valence-electron chi connectivity index (χ0n) is 11.4. The van der Waals surface area contributed by atoms with Crippen LogP contribution in [0, 0.1) is 0 Å². The van der Waals surface area contributed by atoms with Crippen LogP contribution in [0.25, 0.3) is 0 Å². The van der Waals surface area contributed by atoms with Crippen LogP contribution >= 0.6 is 11.6 Å². The van der Waals surface area contributed by atoms with Gasteiger partial charge in [0.1, 0.15) is 5.82 Å². The van der Waals surface area contributed by atoms with E-state index in [-0.39, 0.29) is 0 Å². The van der Waals surface area contributed by atoms with Crippen molar-refractivity contribution in [2.24, 2.45) is 0 Å². The first-order chi connectivity index (χ1) is 9.36. The minimum atomic E-state index is 0.567. The van der Waals surface area contributed by atoms with Crippen LogP contribution in [0.1, 0.15) is 31.2 Å². The number of alkyl halides is 1. The lowest BCUT2D eigenvalue weighted by Crippen LogP contribution is -2.50. The van der Waals surface area contributed by atoms with Crippen LogP contribution in [0.15, 0.2) is 18.3 Å². The minimum absolute atomic E-state index is 0.567. The smallest absolute Gasteiger partial charge is 0.128 e. The normalized spacial score (nSPS) is 22.1. The summed E-state index contributed by atoms with van der Waals surface area (Å²) in [6.45, 7) is 4.54. The largest absolute Gasteiger partial charge is 0.354 e. The first kappa shape index (κ1) is 13.2. The van der Waals surface area contributed by atoms with Gasteiger partial charge in [0, 0.05) is 44.3 Å². The Labute approximate surface area is 120 Å². The van der Waals surface area contributed by atoms with Gasteiger partial charge in [0.25, 0.3) is 0 Å². The molecule has 1 aliphatic heterocycles. The minimum Gasteiger partial charge on any atom is -0.354 e.